The number of imide groups is 1. The normalized spacial score (nSPS) is 17.3. The number of nitrogens with zero attached hydrogens (tertiary/aromatic N) is 9. The third kappa shape index (κ3) is 7.60. The first-order chi connectivity index (χ1) is 23.3. The number of aliphatic hydroxyl groups excluding tert-OH is 1. The molecule has 262 valence electrons. The largest absolute Gasteiger partial charge is 0.443 e. The maximum absolute atomic E-state index is 13.7. The molecular weight excluding hydrogens is 630 g/mol. The first-order valence-corrected chi connectivity index (χ1v) is 16.5. The molecule has 15 heteroatoms. The second-order valence-corrected chi connectivity index (χ2v) is 14.2. The fraction of sp³-hybridized carbons (Fsp3) is 0.559. The van der Waals surface area contributed by atoms with E-state index in [1.165, 1.54) is 4.68 Å². The van der Waals surface area contributed by atoms with Crippen molar-refractivity contribution in [3.63, 3.8) is 0 Å². The number of carbonyl (C=O) groups excluding carboxylic acids is 2. The molecule has 6 rings (SSSR count). The summed E-state index contributed by atoms with van der Waals surface area (Å²) in [7, 11) is 1.00. The van der Waals surface area contributed by atoms with E-state index in [1.54, 1.807) is 70.7 Å². The van der Waals surface area contributed by atoms with Gasteiger partial charge in [0, 0.05) is 31.5 Å². The van der Waals surface area contributed by atoms with E-state index in [4.69, 9.17) is 29.4 Å². The van der Waals surface area contributed by atoms with Crippen molar-refractivity contribution < 1.29 is 28.9 Å². The lowest BCUT2D eigenvalue weighted by atomic mass is 9.75. The molecule has 4 aromatic heterocycles. The van der Waals surface area contributed by atoms with Crippen LogP contribution in [0.2, 0.25) is 0 Å². The highest BCUT2D eigenvalue weighted by Crippen LogP contribution is 2.42. The molecule has 1 atom stereocenters. The zero-order chi connectivity index (χ0) is 35.6. The molecule has 5 heterocycles. The Hall–Kier alpha value is -4.81. The van der Waals surface area contributed by atoms with Crippen LogP contribution in [0.1, 0.15) is 92.7 Å². The molecule has 1 aliphatic heterocycles. The van der Waals surface area contributed by atoms with E-state index in [2.05, 4.69) is 16.3 Å². The quantitative estimate of drug-likeness (QED) is 0.245. The number of anilines is 1. The van der Waals surface area contributed by atoms with Crippen LogP contribution < -0.4 is 4.90 Å². The Morgan fingerprint density at radius 2 is 1.73 bits per heavy atom. The molecule has 2 fully saturated rings. The van der Waals surface area contributed by atoms with Gasteiger partial charge in [-0.3, -0.25) is 4.68 Å². The summed E-state index contributed by atoms with van der Waals surface area (Å²) in [5.41, 5.74) is 0.908. The van der Waals surface area contributed by atoms with Crippen LogP contribution in [0, 0.1) is 11.3 Å². The zero-order valence-corrected chi connectivity index (χ0v) is 29.2. The average molecular weight is 676 g/mol. The predicted octanol–water partition coefficient (Wildman–Crippen LogP) is 6.23. The molecule has 49 heavy (non-hydrogen) atoms. The fourth-order valence-corrected chi connectivity index (χ4v) is 5.87. The van der Waals surface area contributed by atoms with Gasteiger partial charge in [0.1, 0.15) is 22.6 Å². The Labute approximate surface area is 285 Å². The summed E-state index contributed by atoms with van der Waals surface area (Å²) in [5, 5.41) is 30.5. The van der Waals surface area contributed by atoms with E-state index >= 15 is 0 Å². The van der Waals surface area contributed by atoms with Crippen molar-refractivity contribution in [1.29, 1.82) is 5.26 Å². The van der Waals surface area contributed by atoms with E-state index in [0.717, 1.165) is 55.2 Å². The van der Waals surface area contributed by atoms with Crippen molar-refractivity contribution in [1.82, 2.24) is 34.2 Å². The third-order valence-electron chi connectivity index (χ3n) is 8.21. The number of aromatic nitrogens is 7. The summed E-state index contributed by atoms with van der Waals surface area (Å²) >= 11 is 0. The number of hydrogen-bond donors (Lipinski definition) is 1. The van der Waals surface area contributed by atoms with E-state index in [9.17, 15) is 14.9 Å². The predicted molar refractivity (Wildman–Crippen MR) is 179 cm³/mol. The van der Waals surface area contributed by atoms with Crippen molar-refractivity contribution in [2.45, 2.75) is 109 Å². The Morgan fingerprint density at radius 3 is 2.31 bits per heavy atom. The fourth-order valence-electron chi connectivity index (χ4n) is 5.87. The first kappa shape index (κ1) is 35.5. The lowest BCUT2D eigenvalue weighted by Gasteiger charge is -2.40. The van der Waals surface area contributed by atoms with Crippen molar-refractivity contribution >= 4 is 23.5 Å². The van der Waals surface area contributed by atoms with Crippen LogP contribution in [0.15, 0.2) is 36.9 Å². The van der Waals surface area contributed by atoms with E-state index < -0.39 is 29.6 Å². The molecule has 2 amide bonds. The molecule has 15 nitrogen and oxygen atoms in total. The first-order valence-electron chi connectivity index (χ1n) is 16.5. The van der Waals surface area contributed by atoms with Gasteiger partial charge in [-0.2, -0.15) is 25.5 Å². The lowest BCUT2D eigenvalue weighted by Crippen LogP contribution is -2.45. The minimum atomic E-state index is -0.902. The van der Waals surface area contributed by atoms with Gasteiger partial charge >= 0.3 is 12.2 Å². The summed E-state index contributed by atoms with van der Waals surface area (Å²) in [6.45, 7) is 10.9. The number of amides is 2. The van der Waals surface area contributed by atoms with Gasteiger partial charge in [0.05, 0.1) is 47.8 Å². The molecule has 0 aromatic carbocycles. The number of ether oxygens (including phenoxy) is 3. The molecule has 1 aliphatic carbocycles. The summed E-state index contributed by atoms with van der Waals surface area (Å²) in [6, 6.07) is 5.80. The van der Waals surface area contributed by atoms with Gasteiger partial charge in [0.25, 0.3) is 0 Å². The standard InChI is InChI=1S/C33H41N9O5.CH4O/c1-31(2,3)46-29(43)41(30(44)47-32(4,5)6)26-18-23(38-42(26)27-10-7-8-17-45-27)24-21-39-25(11-16-35-39)28(37-24)22-19-36-40(20-22)33(14-15-34)12-9-13-33;1-2/h11,16,18-21,27H,7-10,12-14,17H2,1-6H3;2H,1H3. The SMILES string of the molecule is CC(C)(C)OC(=O)N(C(=O)OC(C)(C)C)c1cc(-c2cn3nccc3c(-c3cnn(C4(CC#N)CCC4)c3)n2)nn1C1CCCCO1.CO. The molecule has 4 aromatic rings. The number of aliphatic hydroxyl groups is 1. The number of carbonyl (C=O) groups is 2. The molecular formula is C34H45N9O6. The highest BCUT2D eigenvalue weighted by Gasteiger charge is 2.40. The molecule has 1 unspecified atom stereocenters. The molecule has 0 bridgehead atoms. The third-order valence-corrected chi connectivity index (χ3v) is 8.21. The van der Waals surface area contributed by atoms with Gasteiger partial charge in [-0.1, -0.05) is 0 Å². The van der Waals surface area contributed by atoms with Gasteiger partial charge in [0.15, 0.2) is 12.0 Å². The second-order valence-electron chi connectivity index (χ2n) is 14.2. The maximum atomic E-state index is 13.7. The number of rotatable bonds is 6. The second kappa shape index (κ2) is 14.0. The minimum absolute atomic E-state index is 0.135. The van der Waals surface area contributed by atoms with E-state index in [-0.39, 0.29) is 11.4 Å². The minimum Gasteiger partial charge on any atom is -0.443 e. The summed E-state index contributed by atoms with van der Waals surface area (Å²) in [6.07, 6.45) is 10.4. The smallest absolute Gasteiger partial charge is 0.425 e. The topological polar surface area (TPSA) is 175 Å². The Balaban J connectivity index is 0.00000230. The van der Waals surface area contributed by atoms with E-state index in [0.29, 0.717) is 36.5 Å². The Morgan fingerprint density at radius 1 is 1.04 bits per heavy atom. The monoisotopic (exact) mass is 675 g/mol. The molecule has 1 saturated heterocycles. The highest BCUT2D eigenvalue weighted by molar-refractivity contribution is 6.09. The number of nitriles is 1. The highest BCUT2D eigenvalue weighted by atomic mass is 16.6. The van der Waals surface area contributed by atoms with Crippen molar-refractivity contribution in [3.05, 3.63) is 36.9 Å². The van der Waals surface area contributed by atoms with Crippen molar-refractivity contribution in [3.8, 4) is 28.7 Å². The molecule has 0 radical (unpaired) electrons. The molecule has 0 spiro atoms. The molecule has 1 saturated carbocycles. The number of fused-ring (bicyclic) bond motifs is 1. The number of hydrogen-bond acceptors (Lipinski definition) is 11. The van der Waals surface area contributed by atoms with Crippen LogP contribution in [0.5, 0.6) is 0 Å². The average Bonchev–Trinajstić information content (AvgIpc) is 3.79. The van der Waals surface area contributed by atoms with Gasteiger partial charge < -0.3 is 19.3 Å². The van der Waals surface area contributed by atoms with Crippen molar-refractivity contribution in [2.75, 3.05) is 18.6 Å². The van der Waals surface area contributed by atoms with Crippen LogP contribution in [0.3, 0.4) is 0 Å². The molecule has 2 aliphatic rings. The Bertz CT molecular complexity index is 1800. The van der Waals surface area contributed by atoms with Gasteiger partial charge in [-0.05, 0) is 86.1 Å². The van der Waals surface area contributed by atoms with Gasteiger partial charge in [0.2, 0.25) is 0 Å². The van der Waals surface area contributed by atoms with Crippen LogP contribution >= 0.6 is 0 Å². The van der Waals surface area contributed by atoms with Crippen LogP contribution in [-0.4, -0.2) is 76.4 Å². The van der Waals surface area contributed by atoms with Gasteiger partial charge in [-0.15, -0.1) is 0 Å². The lowest BCUT2D eigenvalue weighted by molar-refractivity contribution is -0.0385. The Kier molecular flexibility index (Phi) is 10.1. The zero-order valence-electron chi connectivity index (χ0n) is 29.2. The van der Waals surface area contributed by atoms with Crippen LogP contribution in [0.25, 0.3) is 28.2 Å². The summed E-state index contributed by atoms with van der Waals surface area (Å²) in [5.74, 6) is 0.135. The van der Waals surface area contributed by atoms with Gasteiger partial charge in [-0.25, -0.2) is 23.8 Å². The van der Waals surface area contributed by atoms with Crippen LogP contribution in [-0.2, 0) is 19.7 Å². The van der Waals surface area contributed by atoms with E-state index in [1.807, 2.05) is 16.9 Å². The summed E-state index contributed by atoms with van der Waals surface area (Å²) < 4.78 is 22.6. The van der Waals surface area contributed by atoms with Crippen molar-refractivity contribution in [2.24, 2.45) is 0 Å². The summed E-state index contributed by atoms with van der Waals surface area (Å²) in [4.78, 5) is 33.2. The van der Waals surface area contributed by atoms with Crippen LogP contribution in [0.4, 0.5) is 15.4 Å². The maximum Gasteiger partial charge on any atom is 0.425 e. The molecule has 1 N–H and O–H groups in total.